The van der Waals surface area contributed by atoms with Crippen molar-refractivity contribution in [2.24, 2.45) is 0 Å². The third kappa shape index (κ3) is 5.11. The molecule has 1 aliphatic heterocycles. The number of hydrogen-bond acceptors (Lipinski definition) is 8. The van der Waals surface area contributed by atoms with E-state index >= 15 is 0 Å². The van der Waals surface area contributed by atoms with E-state index in [1.54, 1.807) is 11.3 Å². The fourth-order valence-corrected chi connectivity index (χ4v) is 3.94. The smallest absolute Gasteiger partial charge is 0.248 e. The van der Waals surface area contributed by atoms with Crippen molar-refractivity contribution in [3.05, 3.63) is 46.4 Å². The number of nitrogens with zero attached hydrogens (tertiary/aromatic N) is 3. The number of hydrogen-bond donors (Lipinski definition) is 1. The van der Waals surface area contributed by atoms with Crippen LogP contribution in [0.4, 0.5) is 0 Å². The molecule has 3 aromatic heterocycles. The summed E-state index contributed by atoms with van der Waals surface area (Å²) < 4.78 is 16.9. The highest BCUT2D eigenvalue weighted by Crippen LogP contribution is 2.24. The van der Waals surface area contributed by atoms with Crippen molar-refractivity contribution in [1.82, 2.24) is 20.4 Å². The molecule has 0 aromatic carbocycles. The van der Waals surface area contributed by atoms with E-state index < -0.39 is 0 Å². The van der Waals surface area contributed by atoms with E-state index in [0.717, 1.165) is 30.2 Å². The Labute approximate surface area is 172 Å². The van der Waals surface area contributed by atoms with Crippen LogP contribution in [0.5, 0.6) is 0 Å². The molecule has 0 saturated carbocycles. The number of carbonyl (C=O) groups is 1. The Morgan fingerprint density at radius 3 is 2.83 bits per heavy atom. The van der Waals surface area contributed by atoms with Gasteiger partial charge in [-0.2, -0.15) is 11.3 Å². The molecule has 1 fully saturated rings. The molecule has 4 rings (SSSR count). The highest BCUT2D eigenvalue weighted by molar-refractivity contribution is 7.08. The number of aryl methyl sites for hydroxylation is 2. The minimum Gasteiger partial charge on any atom is -0.465 e. The largest absolute Gasteiger partial charge is 0.465 e. The molecular weight excluding hydrogens is 392 g/mol. The summed E-state index contributed by atoms with van der Waals surface area (Å²) in [7, 11) is 0. The Morgan fingerprint density at radius 1 is 1.24 bits per heavy atom. The molecule has 29 heavy (non-hydrogen) atoms. The molecule has 1 unspecified atom stereocenters. The van der Waals surface area contributed by atoms with Gasteiger partial charge in [-0.3, -0.25) is 9.69 Å². The number of rotatable bonds is 8. The first-order valence-electron chi connectivity index (χ1n) is 9.69. The molecule has 1 aliphatic rings. The molecule has 8 nitrogen and oxygen atoms in total. The summed E-state index contributed by atoms with van der Waals surface area (Å²) >= 11 is 1.57. The number of nitrogens with one attached hydrogen (secondary N) is 1. The predicted molar refractivity (Wildman–Crippen MR) is 108 cm³/mol. The lowest BCUT2D eigenvalue weighted by Gasteiger charge is -2.33. The Balaban J connectivity index is 1.31. The van der Waals surface area contributed by atoms with E-state index in [-0.39, 0.29) is 18.4 Å². The average molecular weight is 417 g/mol. The molecule has 4 heterocycles. The Hall–Kier alpha value is -2.49. The minimum absolute atomic E-state index is 0.00912. The SMILES string of the molecule is Cc1ccc(C(CNC(=O)CCc2nnc(-c3ccsc3)o2)N2CCOCC2)o1. The molecule has 0 radical (unpaired) electrons. The second kappa shape index (κ2) is 9.34. The maximum absolute atomic E-state index is 12.4. The molecular formula is C20H24N4O4S. The Morgan fingerprint density at radius 2 is 2.10 bits per heavy atom. The molecule has 1 N–H and O–H groups in total. The van der Waals surface area contributed by atoms with Crippen molar-refractivity contribution in [1.29, 1.82) is 0 Å². The van der Waals surface area contributed by atoms with Crippen molar-refractivity contribution in [3.63, 3.8) is 0 Å². The quantitative estimate of drug-likeness (QED) is 0.603. The van der Waals surface area contributed by atoms with Gasteiger partial charge in [-0.1, -0.05) is 0 Å². The van der Waals surface area contributed by atoms with Crippen LogP contribution in [0.1, 0.15) is 29.9 Å². The van der Waals surface area contributed by atoms with Gasteiger partial charge in [0.25, 0.3) is 0 Å². The third-order valence-corrected chi connectivity index (χ3v) is 5.55. The summed E-state index contributed by atoms with van der Waals surface area (Å²) in [5.74, 6) is 2.63. The van der Waals surface area contributed by atoms with Gasteiger partial charge in [0.05, 0.1) is 19.3 Å². The van der Waals surface area contributed by atoms with E-state index in [1.807, 2.05) is 35.9 Å². The second-order valence-electron chi connectivity index (χ2n) is 6.93. The highest BCUT2D eigenvalue weighted by Gasteiger charge is 2.25. The summed E-state index contributed by atoms with van der Waals surface area (Å²) in [4.78, 5) is 14.7. The van der Waals surface area contributed by atoms with Gasteiger partial charge < -0.3 is 18.9 Å². The standard InChI is InChI=1S/C20H24N4O4S/c1-14-2-3-17(27-14)16(24-7-9-26-10-8-24)12-21-18(25)4-5-19-22-23-20(28-19)15-6-11-29-13-15/h2-3,6,11,13,16H,4-5,7-10,12H2,1H3,(H,21,25). The van der Waals surface area contributed by atoms with E-state index in [4.69, 9.17) is 13.6 Å². The molecule has 9 heteroatoms. The van der Waals surface area contributed by atoms with E-state index in [9.17, 15) is 4.79 Å². The minimum atomic E-state index is -0.0539. The van der Waals surface area contributed by atoms with Crippen molar-refractivity contribution in [3.8, 4) is 11.5 Å². The summed E-state index contributed by atoms with van der Waals surface area (Å²) in [6, 6.07) is 5.85. The van der Waals surface area contributed by atoms with Gasteiger partial charge in [0.2, 0.25) is 17.7 Å². The fraction of sp³-hybridized carbons (Fsp3) is 0.450. The van der Waals surface area contributed by atoms with Gasteiger partial charge in [-0.05, 0) is 30.5 Å². The maximum Gasteiger partial charge on any atom is 0.248 e. The van der Waals surface area contributed by atoms with Crippen LogP contribution in [0.2, 0.25) is 0 Å². The second-order valence-corrected chi connectivity index (χ2v) is 7.71. The van der Waals surface area contributed by atoms with Crippen LogP contribution in [0.15, 0.2) is 37.8 Å². The fourth-order valence-electron chi connectivity index (χ4n) is 3.31. The van der Waals surface area contributed by atoms with Crippen LogP contribution in [-0.4, -0.2) is 53.9 Å². The lowest BCUT2D eigenvalue weighted by atomic mass is 10.1. The van der Waals surface area contributed by atoms with Crippen LogP contribution >= 0.6 is 11.3 Å². The Kier molecular flexibility index (Phi) is 6.38. The van der Waals surface area contributed by atoms with Gasteiger partial charge in [0.15, 0.2) is 0 Å². The molecule has 154 valence electrons. The summed E-state index contributed by atoms with van der Waals surface area (Å²) in [6.45, 7) is 5.41. The topological polar surface area (TPSA) is 93.6 Å². The number of aromatic nitrogens is 2. The van der Waals surface area contributed by atoms with Crippen LogP contribution in [0, 0.1) is 6.92 Å². The zero-order valence-electron chi connectivity index (χ0n) is 16.3. The number of morpholine rings is 1. The van der Waals surface area contributed by atoms with Crippen LogP contribution < -0.4 is 5.32 Å². The van der Waals surface area contributed by atoms with Crippen molar-refractivity contribution in [2.45, 2.75) is 25.8 Å². The monoisotopic (exact) mass is 416 g/mol. The van der Waals surface area contributed by atoms with E-state index in [1.165, 1.54) is 0 Å². The van der Waals surface area contributed by atoms with Gasteiger partial charge in [0, 0.05) is 43.4 Å². The third-order valence-electron chi connectivity index (χ3n) is 4.87. The normalized spacial score (nSPS) is 16.0. The summed E-state index contributed by atoms with van der Waals surface area (Å²) in [5.41, 5.74) is 0.903. The zero-order valence-corrected chi connectivity index (χ0v) is 17.1. The van der Waals surface area contributed by atoms with Gasteiger partial charge in [-0.25, -0.2) is 0 Å². The van der Waals surface area contributed by atoms with Gasteiger partial charge in [0.1, 0.15) is 11.5 Å². The van der Waals surface area contributed by atoms with Crippen LogP contribution in [-0.2, 0) is 16.0 Å². The van der Waals surface area contributed by atoms with Crippen molar-refractivity contribution in [2.75, 3.05) is 32.8 Å². The lowest BCUT2D eigenvalue weighted by molar-refractivity contribution is -0.121. The first kappa shape index (κ1) is 19.8. The van der Waals surface area contributed by atoms with E-state index in [2.05, 4.69) is 20.4 Å². The molecule has 3 aromatic rings. The van der Waals surface area contributed by atoms with Crippen molar-refractivity contribution >= 4 is 17.2 Å². The van der Waals surface area contributed by atoms with Gasteiger partial charge >= 0.3 is 0 Å². The van der Waals surface area contributed by atoms with Gasteiger partial charge in [-0.15, -0.1) is 10.2 Å². The highest BCUT2D eigenvalue weighted by atomic mass is 32.1. The number of amides is 1. The van der Waals surface area contributed by atoms with Crippen molar-refractivity contribution < 1.29 is 18.4 Å². The van der Waals surface area contributed by atoms with E-state index in [0.29, 0.717) is 38.0 Å². The predicted octanol–water partition coefficient (Wildman–Crippen LogP) is 2.82. The number of thiophene rings is 1. The molecule has 1 atom stereocenters. The molecule has 0 spiro atoms. The number of ether oxygens (including phenoxy) is 1. The average Bonchev–Trinajstić information content (AvgIpc) is 3.49. The Bertz CT molecular complexity index is 915. The zero-order chi connectivity index (χ0) is 20.1. The first-order chi connectivity index (χ1) is 14.2. The molecule has 0 aliphatic carbocycles. The summed E-state index contributed by atoms with van der Waals surface area (Å²) in [5, 5.41) is 15.0. The molecule has 1 saturated heterocycles. The van der Waals surface area contributed by atoms with Crippen LogP contribution in [0.3, 0.4) is 0 Å². The first-order valence-corrected chi connectivity index (χ1v) is 10.6. The van der Waals surface area contributed by atoms with Crippen LogP contribution in [0.25, 0.3) is 11.5 Å². The summed E-state index contributed by atoms with van der Waals surface area (Å²) in [6.07, 6.45) is 0.698. The molecule has 0 bridgehead atoms. The maximum atomic E-state index is 12.4. The number of carbonyl (C=O) groups excluding carboxylic acids is 1. The molecule has 1 amide bonds. The lowest BCUT2D eigenvalue weighted by Crippen LogP contribution is -2.43. The number of furan rings is 1.